The van der Waals surface area contributed by atoms with Gasteiger partial charge in [-0.1, -0.05) is 6.07 Å². The van der Waals surface area contributed by atoms with Crippen molar-refractivity contribution < 1.29 is 8.95 Å². The topological polar surface area (TPSA) is 108 Å². The minimum Gasteiger partial charge on any atom is -0.494 e. The predicted molar refractivity (Wildman–Crippen MR) is 97.3 cm³/mol. The number of nitrogens with zero attached hydrogens (tertiary/aromatic N) is 5. The summed E-state index contributed by atoms with van der Waals surface area (Å²) in [5, 5.41) is 5.49. The molecule has 8 nitrogen and oxygen atoms in total. The molecule has 3 aromatic rings. The van der Waals surface area contributed by atoms with Gasteiger partial charge in [0.15, 0.2) is 11.5 Å². The van der Waals surface area contributed by atoms with Gasteiger partial charge in [-0.2, -0.15) is 4.52 Å². The van der Waals surface area contributed by atoms with E-state index in [9.17, 15) is 4.21 Å². The molecule has 25 heavy (non-hydrogen) atoms. The van der Waals surface area contributed by atoms with E-state index >= 15 is 0 Å². The van der Waals surface area contributed by atoms with E-state index in [1.165, 1.54) is 4.52 Å². The number of nitrogens with two attached hydrogens (primary N) is 1. The summed E-state index contributed by atoms with van der Waals surface area (Å²) in [6.07, 6.45) is 2.49. The van der Waals surface area contributed by atoms with Gasteiger partial charge < -0.3 is 10.5 Å². The van der Waals surface area contributed by atoms with Crippen LogP contribution in [0.3, 0.4) is 0 Å². The minimum atomic E-state index is -2.16. The molecular weight excluding hydrogens is 340 g/mol. The summed E-state index contributed by atoms with van der Waals surface area (Å²) in [5.74, 6) is 1.95. The van der Waals surface area contributed by atoms with Crippen LogP contribution in [0.15, 0.2) is 22.6 Å². The molecule has 9 heteroatoms. The molecule has 1 aliphatic rings. The average molecular weight is 360 g/mol. The molecular formula is C16H20N6O2S. The molecule has 1 aromatic carbocycles. The Labute approximate surface area is 145 Å². The molecule has 2 heterocycles. The van der Waals surface area contributed by atoms with E-state index in [-0.39, 0.29) is 11.2 Å². The Kier molecular flexibility index (Phi) is 3.75. The van der Waals surface area contributed by atoms with Crippen LogP contribution >= 0.6 is 0 Å². The highest BCUT2D eigenvalue weighted by Crippen LogP contribution is 2.31. The molecule has 0 radical (unpaired) electrons. The van der Waals surface area contributed by atoms with E-state index in [0.29, 0.717) is 34.9 Å². The zero-order chi connectivity index (χ0) is 17.6. The Bertz CT molecular complexity index is 1080. The molecule has 0 aliphatic heterocycles. The number of fused-ring (bicyclic) bond motifs is 3. The van der Waals surface area contributed by atoms with Gasteiger partial charge in [-0.25, -0.2) is 18.5 Å². The van der Waals surface area contributed by atoms with Crippen molar-refractivity contribution in [1.29, 1.82) is 0 Å². The van der Waals surface area contributed by atoms with Gasteiger partial charge >= 0.3 is 0 Å². The Morgan fingerprint density at radius 3 is 2.88 bits per heavy atom. The summed E-state index contributed by atoms with van der Waals surface area (Å²) in [6.45, 7) is 0. The fourth-order valence-electron chi connectivity index (χ4n) is 3.02. The maximum Gasteiger partial charge on any atom is 0.223 e. The zero-order valence-electron chi connectivity index (χ0n) is 14.2. The highest BCUT2D eigenvalue weighted by molar-refractivity contribution is 7.94. The Morgan fingerprint density at radius 2 is 2.20 bits per heavy atom. The van der Waals surface area contributed by atoms with Crippen molar-refractivity contribution in [2.24, 2.45) is 4.36 Å². The molecule has 4 rings (SSSR count). The molecule has 0 bridgehead atoms. The summed E-state index contributed by atoms with van der Waals surface area (Å²) >= 11 is 0. The van der Waals surface area contributed by atoms with Crippen molar-refractivity contribution in [2.75, 3.05) is 25.6 Å². The van der Waals surface area contributed by atoms with Gasteiger partial charge in [0.1, 0.15) is 11.3 Å². The Morgan fingerprint density at radius 1 is 1.40 bits per heavy atom. The lowest BCUT2D eigenvalue weighted by Gasteiger charge is -2.06. The average Bonchev–Trinajstić information content (AvgIpc) is 3.39. The van der Waals surface area contributed by atoms with Crippen LogP contribution in [0.5, 0.6) is 5.75 Å². The first kappa shape index (κ1) is 16.1. The SMILES string of the molecule is CN=S(=O)(CCc1nc2c3cccc(OC)c3nc(N)n2n1)C1CC1. The van der Waals surface area contributed by atoms with E-state index in [0.717, 1.165) is 18.2 Å². The second-order valence-electron chi connectivity index (χ2n) is 6.12. The third-order valence-electron chi connectivity index (χ3n) is 4.53. The van der Waals surface area contributed by atoms with E-state index in [4.69, 9.17) is 10.5 Å². The molecule has 2 N–H and O–H groups in total. The van der Waals surface area contributed by atoms with Gasteiger partial charge in [0.2, 0.25) is 5.95 Å². The van der Waals surface area contributed by atoms with Crippen molar-refractivity contribution in [3.05, 3.63) is 24.0 Å². The predicted octanol–water partition coefficient (Wildman–Crippen LogP) is 1.67. The second-order valence-corrected chi connectivity index (χ2v) is 8.94. The monoisotopic (exact) mass is 360 g/mol. The smallest absolute Gasteiger partial charge is 0.223 e. The lowest BCUT2D eigenvalue weighted by Crippen LogP contribution is -2.14. The quantitative estimate of drug-likeness (QED) is 0.741. The van der Waals surface area contributed by atoms with Gasteiger partial charge in [0.05, 0.1) is 7.11 Å². The van der Waals surface area contributed by atoms with Crippen LogP contribution < -0.4 is 10.5 Å². The first-order valence-electron chi connectivity index (χ1n) is 8.15. The number of aryl methyl sites for hydroxylation is 1. The Balaban J connectivity index is 1.76. The molecule has 0 saturated heterocycles. The van der Waals surface area contributed by atoms with Crippen LogP contribution in [-0.2, 0) is 16.1 Å². The van der Waals surface area contributed by atoms with Crippen LogP contribution in [-0.4, -0.2) is 49.0 Å². The summed E-state index contributed by atoms with van der Waals surface area (Å²) < 4.78 is 23.8. The minimum absolute atomic E-state index is 0.228. The maximum absolute atomic E-state index is 12.8. The molecule has 1 fully saturated rings. The molecule has 132 valence electrons. The van der Waals surface area contributed by atoms with Crippen molar-refractivity contribution in [3.8, 4) is 5.75 Å². The first-order chi connectivity index (χ1) is 12.1. The summed E-state index contributed by atoms with van der Waals surface area (Å²) in [4.78, 5) is 8.99. The summed E-state index contributed by atoms with van der Waals surface area (Å²) in [6, 6.07) is 5.62. The lowest BCUT2D eigenvalue weighted by molar-refractivity contribution is 0.419. The standard InChI is InChI=1S/C16H20N6O2S/c1-18-25(23,10-6-7-10)9-8-13-19-15-11-4-3-5-12(24-2)14(11)20-16(17)22(15)21-13/h3-5,10H,6-9H2,1-2H3,(H2,17,20). The van der Waals surface area contributed by atoms with E-state index in [1.807, 2.05) is 18.2 Å². The number of nitrogen functional groups attached to an aromatic ring is 1. The first-order valence-corrected chi connectivity index (χ1v) is 9.90. The number of hydrogen-bond donors (Lipinski definition) is 1. The van der Waals surface area contributed by atoms with Crippen LogP contribution in [0.2, 0.25) is 0 Å². The molecule has 1 unspecified atom stereocenters. The van der Waals surface area contributed by atoms with Crippen molar-refractivity contribution in [2.45, 2.75) is 24.5 Å². The number of hydrogen-bond acceptors (Lipinski definition) is 7. The maximum atomic E-state index is 12.8. The number of ether oxygens (including phenoxy) is 1. The van der Waals surface area contributed by atoms with Crippen LogP contribution in [0.4, 0.5) is 5.95 Å². The van der Waals surface area contributed by atoms with Crippen LogP contribution in [0.1, 0.15) is 18.7 Å². The summed E-state index contributed by atoms with van der Waals surface area (Å²) in [7, 11) is 1.07. The third-order valence-corrected chi connectivity index (χ3v) is 7.45. The van der Waals surface area contributed by atoms with E-state index < -0.39 is 9.73 Å². The van der Waals surface area contributed by atoms with Gasteiger partial charge in [-0.05, 0) is 25.0 Å². The number of aromatic nitrogens is 4. The fraction of sp³-hybridized carbons (Fsp3) is 0.438. The third kappa shape index (κ3) is 2.68. The van der Waals surface area contributed by atoms with Gasteiger partial charge in [0, 0.05) is 39.6 Å². The van der Waals surface area contributed by atoms with E-state index in [1.54, 1.807) is 14.2 Å². The van der Waals surface area contributed by atoms with Gasteiger partial charge in [-0.15, -0.1) is 5.10 Å². The van der Waals surface area contributed by atoms with Crippen molar-refractivity contribution >= 4 is 32.2 Å². The molecule has 1 aliphatic carbocycles. The lowest BCUT2D eigenvalue weighted by atomic mass is 10.2. The number of rotatable bonds is 5. The number of anilines is 1. The molecule has 0 spiro atoms. The highest BCUT2D eigenvalue weighted by atomic mass is 32.2. The fourth-order valence-corrected chi connectivity index (χ4v) is 5.18. The molecule has 1 atom stereocenters. The van der Waals surface area contributed by atoms with Crippen molar-refractivity contribution in [3.63, 3.8) is 0 Å². The molecule has 0 amide bonds. The number of methoxy groups -OCH3 is 1. The normalized spacial score (nSPS) is 16.9. The zero-order valence-corrected chi connectivity index (χ0v) is 15.0. The molecule has 1 saturated carbocycles. The Hall–Kier alpha value is -2.42. The van der Waals surface area contributed by atoms with Crippen LogP contribution in [0, 0.1) is 0 Å². The highest BCUT2D eigenvalue weighted by Gasteiger charge is 2.33. The van der Waals surface area contributed by atoms with Gasteiger partial charge in [-0.3, -0.25) is 0 Å². The van der Waals surface area contributed by atoms with Gasteiger partial charge in [0.25, 0.3) is 0 Å². The largest absolute Gasteiger partial charge is 0.494 e. The van der Waals surface area contributed by atoms with E-state index in [2.05, 4.69) is 19.4 Å². The summed E-state index contributed by atoms with van der Waals surface area (Å²) in [5.41, 5.74) is 7.32. The number of benzene rings is 1. The second kappa shape index (κ2) is 5.83. The van der Waals surface area contributed by atoms with Crippen molar-refractivity contribution in [1.82, 2.24) is 19.6 Å². The van der Waals surface area contributed by atoms with Crippen LogP contribution in [0.25, 0.3) is 16.6 Å². The molecule has 2 aromatic heterocycles. The number of para-hydroxylation sites is 1.